The lowest BCUT2D eigenvalue weighted by Crippen LogP contribution is -2.22. The summed E-state index contributed by atoms with van der Waals surface area (Å²) in [7, 11) is 0. The molecular formula is C17H20N2O2. The summed E-state index contributed by atoms with van der Waals surface area (Å²) in [6.07, 6.45) is 0. The van der Waals surface area contributed by atoms with E-state index in [-0.39, 0.29) is 17.7 Å². The van der Waals surface area contributed by atoms with Crippen LogP contribution in [0, 0.1) is 0 Å². The topological polar surface area (TPSA) is 61.4 Å². The fourth-order valence-corrected chi connectivity index (χ4v) is 2.11. The molecule has 0 spiro atoms. The molecule has 2 rings (SSSR count). The van der Waals surface area contributed by atoms with Crippen molar-refractivity contribution >= 4 is 11.6 Å². The Kier molecular flexibility index (Phi) is 4.82. The summed E-state index contributed by atoms with van der Waals surface area (Å²) in [5.74, 6) is 0.183. The van der Waals surface area contributed by atoms with Crippen LogP contribution >= 0.6 is 0 Å². The first-order valence-corrected chi connectivity index (χ1v) is 7.04. The number of anilines is 1. The predicted molar refractivity (Wildman–Crippen MR) is 84.6 cm³/mol. The molecule has 0 saturated heterocycles. The zero-order chi connectivity index (χ0) is 15.2. The van der Waals surface area contributed by atoms with Crippen molar-refractivity contribution in [2.75, 3.05) is 11.9 Å². The molecule has 0 heterocycles. The van der Waals surface area contributed by atoms with Gasteiger partial charge in [-0.15, -0.1) is 0 Å². The SMILES string of the molecule is CCNC(=O)c1cccc(NC(C)c2ccc(O)cc2)c1. The zero-order valence-electron chi connectivity index (χ0n) is 12.3. The van der Waals surface area contributed by atoms with E-state index in [0.29, 0.717) is 12.1 Å². The van der Waals surface area contributed by atoms with E-state index in [1.807, 2.05) is 44.2 Å². The molecule has 0 aromatic heterocycles. The third kappa shape index (κ3) is 3.99. The van der Waals surface area contributed by atoms with Crippen LogP contribution in [0.25, 0.3) is 0 Å². The van der Waals surface area contributed by atoms with Crippen LogP contribution in [-0.4, -0.2) is 17.6 Å². The van der Waals surface area contributed by atoms with Gasteiger partial charge < -0.3 is 15.7 Å². The van der Waals surface area contributed by atoms with Crippen molar-refractivity contribution in [2.45, 2.75) is 19.9 Å². The molecule has 1 atom stereocenters. The molecule has 0 aliphatic carbocycles. The van der Waals surface area contributed by atoms with Gasteiger partial charge in [0.25, 0.3) is 5.91 Å². The van der Waals surface area contributed by atoms with Gasteiger partial charge >= 0.3 is 0 Å². The van der Waals surface area contributed by atoms with Crippen LogP contribution in [0.15, 0.2) is 48.5 Å². The Morgan fingerprint density at radius 2 is 1.90 bits per heavy atom. The average Bonchev–Trinajstić information content (AvgIpc) is 2.48. The van der Waals surface area contributed by atoms with Gasteiger partial charge in [-0.25, -0.2) is 0 Å². The Hall–Kier alpha value is -2.49. The van der Waals surface area contributed by atoms with Crippen molar-refractivity contribution in [3.05, 3.63) is 59.7 Å². The molecular weight excluding hydrogens is 264 g/mol. The summed E-state index contributed by atoms with van der Waals surface area (Å²) in [4.78, 5) is 11.8. The highest BCUT2D eigenvalue weighted by atomic mass is 16.3. The number of nitrogens with one attached hydrogen (secondary N) is 2. The number of hydrogen-bond acceptors (Lipinski definition) is 3. The molecule has 4 nitrogen and oxygen atoms in total. The van der Waals surface area contributed by atoms with Gasteiger partial charge in [0.1, 0.15) is 5.75 Å². The van der Waals surface area contributed by atoms with Gasteiger partial charge in [-0.05, 0) is 49.7 Å². The van der Waals surface area contributed by atoms with E-state index in [0.717, 1.165) is 11.3 Å². The maximum Gasteiger partial charge on any atom is 0.251 e. The van der Waals surface area contributed by atoms with Crippen molar-refractivity contribution in [1.29, 1.82) is 0 Å². The number of amides is 1. The molecule has 0 radical (unpaired) electrons. The van der Waals surface area contributed by atoms with Gasteiger partial charge in [-0.3, -0.25) is 4.79 Å². The van der Waals surface area contributed by atoms with E-state index in [9.17, 15) is 9.90 Å². The molecule has 0 fully saturated rings. The summed E-state index contributed by atoms with van der Waals surface area (Å²) in [6, 6.07) is 14.6. The van der Waals surface area contributed by atoms with Crippen molar-refractivity contribution in [3.63, 3.8) is 0 Å². The number of hydrogen-bond donors (Lipinski definition) is 3. The summed E-state index contributed by atoms with van der Waals surface area (Å²) < 4.78 is 0. The highest BCUT2D eigenvalue weighted by molar-refractivity contribution is 5.95. The minimum atomic E-state index is -0.0709. The highest BCUT2D eigenvalue weighted by Gasteiger charge is 2.08. The monoisotopic (exact) mass is 284 g/mol. The van der Waals surface area contributed by atoms with E-state index in [2.05, 4.69) is 10.6 Å². The molecule has 2 aromatic rings. The second-order valence-electron chi connectivity index (χ2n) is 4.90. The maximum absolute atomic E-state index is 11.8. The first kappa shape index (κ1) is 14.9. The molecule has 3 N–H and O–H groups in total. The third-order valence-corrected chi connectivity index (χ3v) is 3.24. The van der Waals surface area contributed by atoms with E-state index in [1.54, 1.807) is 18.2 Å². The minimum Gasteiger partial charge on any atom is -0.508 e. The molecule has 21 heavy (non-hydrogen) atoms. The van der Waals surface area contributed by atoms with Crippen molar-refractivity contribution in [3.8, 4) is 5.75 Å². The number of carbonyl (C=O) groups excluding carboxylic acids is 1. The summed E-state index contributed by atoms with van der Waals surface area (Å²) in [5.41, 5.74) is 2.59. The number of rotatable bonds is 5. The van der Waals surface area contributed by atoms with E-state index in [1.165, 1.54) is 0 Å². The Labute approximate surface area is 124 Å². The van der Waals surface area contributed by atoms with Crippen molar-refractivity contribution in [1.82, 2.24) is 5.32 Å². The van der Waals surface area contributed by atoms with Crippen LogP contribution in [0.1, 0.15) is 35.8 Å². The fraction of sp³-hybridized carbons (Fsp3) is 0.235. The fourth-order valence-electron chi connectivity index (χ4n) is 2.11. The van der Waals surface area contributed by atoms with Crippen LogP contribution in [-0.2, 0) is 0 Å². The Bertz CT molecular complexity index is 608. The lowest BCUT2D eigenvalue weighted by atomic mass is 10.1. The molecule has 0 aliphatic heterocycles. The van der Waals surface area contributed by atoms with Gasteiger partial charge in [0, 0.05) is 23.8 Å². The van der Waals surface area contributed by atoms with Gasteiger partial charge in [0.05, 0.1) is 0 Å². The highest BCUT2D eigenvalue weighted by Crippen LogP contribution is 2.21. The van der Waals surface area contributed by atoms with Crippen LogP contribution in [0.3, 0.4) is 0 Å². The quantitative estimate of drug-likeness (QED) is 0.789. The number of benzene rings is 2. The average molecular weight is 284 g/mol. The number of phenols is 1. The van der Waals surface area contributed by atoms with E-state index >= 15 is 0 Å². The molecule has 110 valence electrons. The second kappa shape index (κ2) is 6.79. The summed E-state index contributed by atoms with van der Waals surface area (Å²) in [5, 5.41) is 15.5. The first-order valence-electron chi connectivity index (χ1n) is 7.04. The normalized spacial score (nSPS) is 11.7. The Morgan fingerprint density at radius 1 is 1.19 bits per heavy atom. The van der Waals surface area contributed by atoms with Crippen molar-refractivity contribution < 1.29 is 9.90 Å². The maximum atomic E-state index is 11.8. The standard InChI is InChI=1S/C17H20N2O2/c1-3-18-17(21)14-5-4-6-15(11-14)19-12(2)13-7-9-16(20)10-8-13/h4-12,19-20H,3H2,1-2H3,(H,18,21). The first-order chi connectivity index (χ1) is 10.1. The zero-order valence-corrected chi connectivity index (χ0v) is 12.3. The Balaban J connectivity index is 2.10. The minimum absolute atomic E-state index is 0.0709. The lowest BCUT2D eigenvalue weighted by Gasteiger charge is -2.16. The van der Waals surface area contributed by atoms with Gasteiger partial charge in [0.15, 0.2) is 0 Å². The van der Waals surface area contributed by atoms with Gasteiger partial charge in [0.2, 0.25) is 0 Å². The number of carbonyl (C=O) groups is 1. The van der Waals surface area contributed by atoms with Crippen molar-refractivity contribution in [2.24, 2.45) is 0 Å². The molecule has 1 amide bonds. The van der Waals surface area contributed by atoms with Crippen LogP contribution in [0.2, 0.25) is 0 Å². The molecule has 0 saturated carbocycles. The van der Waals surface area contributed by atoms with Gasteiger partial charge in [-0.1, -0.05) is 18.2 Å². The molecule has 0 bridgehead atoms. The van der Waals surface area contributed by atoms with Crippen LogP contribution < -0.4 is 10.6 Å². The second-order valence-corrected chi connectivity index (χ2v) is 4.90. The lowest BCUT2D eigenvalue weighted by molar-refractivity contribution is 0.0956. The van der Waals surface area contributed by atoms with Crippen LogP contribution in [0.4, 0.5) is 5.69 Å². The third-order valence-electron chi connectivity index (χ3n) is 3.24. The molecule has 4 heteroatoms. The number of aromatic hydroxyl groups is 1. The van der Waals surface area contributed by atoms with Gasteiger partial charge in [-0.2, -0.15) is 0 Å². The summed E-state index contributed by atoms with van der Waals surface area (Å²) in [6.45, 7) is 4.54. The summed E-state index contributed by atoms with van der Waals surface area (Å²) >= 11 is 0. The molecule has 2 aromatic carbocycles. The van der Waals surface area contributed by atoms with E-state index in [4.69, 9.17) is 0 Å². The van der Waals surface area contributed by atoms with Crippen LogP contribution in [0.5, 0.6) is 5.75 Å². The number of phenolic OH excluding ortho intramolecular Hbond substituents is 1. The largest absolute Gasteiger partial charge is 0.508 e. The molecule has 0 aliphatic rings. The molecule has 1 unspecified atom stereocenters. The van der Waals surface area contributed by atoms with E-state index < -0.39 is 0 Å². The predicted octanol–water partition coefficient (Wildman–Crippen LogP) is 3.32. The smallest absolute Gasteiger partial charge is 0.251 e. The Morgan fingerprint density at radius 3 is 2.57 bits per heavy atom.